The van der Waals surface area contributed by atoms with E-state index < -0.39 is 18.2 Å². The molecule has 4 nitrogen and oxygen atoms in total. The van der Waals surface area contributed by atoms with Crippen LogP contribution in [0.15, 0.2) is 0 Å². The average molecular weight is 187 g/mol. The van der Waals surface area contributed by atoms with Crippen molar-refractivity contribution in [3.8, 4) is 0 Å². The summed E-state index contributed by atoms with van der Waals surface area (Å²) in [6, 6.07) is 0. The van der Waals surface area contributed by atoms with E-state index in [-0.39, 0.29) is 0 Å². The van der Waals surface area contributed by atoms with E-state index in [1.165, 1.54) is 13.8 Å². The number of ether oxygens (including phenoxy) is 2. The van der Waals surface area contributed by atoms with Crippen LogP contribution in [0.25, 0.3) is 0 Å². The molecule has 0 saturated carbocycles. The molecular weight excluding hydrogens is 172 g/mol. The van der Waals surface area contributed by atoms with Gasteiger partial charge in [-0.15, -0.1) is 0 Å². The highest BCUT2D eigenvalue weighted by atomic mass is 16.7. The van der Waals surface area contributed by atoms with Gasteiger partial charge in [-0.3, -0.25) is 9.59 Å². The second-order valence-corrected chi connectivity index (χ2v) is 2.64. The van der Waals surface area contributed by atoms with Crippen molar-refractivity contribution in [1.29, 1.82) is 0 Å². The van der Waals surface area contributed by atoms with E-state index in [4.69, 9.17) is 9.47 Å². The van der Waals surface area contributed by atoms with E-state index in [1.807, 2.05) is 0 Å². The fourth-order valence-corrected chi connectivity index (χ4v) is 0.823. The molecule has 75 valence electrons. The van der Waals surface area contributed by atoms with Crippen molar-refractivity contribution in [3.63, 3.8) is 0 Å². The Morgan fingerprint density at radius 1 is 1.23 bits per heavy atom. The molecule has 0 unspecified atom stereocenters. The Labute approximate surface area is 78.2 Å². The second-order valence-electron chi connectivity index (χ2n) is 2.64. The van der Waals surface area contributed by atoms with Gasteiger partial charge in [-0.25, -0.2) is 0 Å². The van der Waals surface area contributed by atoms with Crippen LogP contribution in [-0.2, 0) is 19.1 Å². The molecule has 0 amide bonds. The topological polar surface area (TPSA) is 52.6 Å². The Bertz CT molecular complexity index is 160. The summed E-state index contributed by atoms with van der Waals surface area (Å²) < 4.78 is 9.51. The van der Waals surface area contributed by atoms with Crippen molar-refractivity contribution in [3.05, 3.63) is 6.92 Å². The quantitative estimate of drug-likeness (QED) is 0.482. The number of unbranched alkanes of at least 4 members (excludes halogenated alkanes) is 1. The zero-order valence-corrected chi connectivity index (χ0v) is 8.04. The smallest absolute Gasteiger partial charge is 0.305 e. The summed E-state index contributed by atoms with van der Waals surface area (Å²) >= 11 is 0. The molecule has 1 radical (unpaired) electrons. The predicted molar refractivity (Wildman–Crippen MR) is 46.5 cm³/mol. The predicted octanol–water partition coefficient (Wildman–Crippen LogP) is 1.44. The van der Waals surface area contributed by atoms with E-state index in [1.54, 1.807) is 0 Å². The van der Waals surface area contributed by atoms with E-state index in [2.05, 4.69) is 6.92 Å². The van der Waals surface area contributed by atoms with Crippen LogP contribution in [-0.4, -0.2) is 18.2 Å². The molecule has 0 saturated heterocycles. The molecule has 0 aliphatic heterocycles. The maximum absolute atomic E-state index is 10.6. The lowest BCUT2D eigenvalue weighted by Crippen LogP contribution is -2.22. The third-order valence-electron chi connectivity index (χ3n) is 1.28. The summed E-state index contributed by atoms with van der Waals surface area (Å²) in [6.45, 7) is 6.19. The average Bonchev–Trinajstić information content (AvgIpc) is 1.98. The minimum Gasteiger partial charge on any atom is -0.425 e. The van der Waals surface area contributed by atoms with Crippen molar-refractivity contribution in [2.75, 3.05) is 0 Å². The van der Waals surface area contributed by atoms with Crippen molar-refractivity contribution < 1.29 is 19.1 Å². The number of carbonyl (C=O) groups is 2. The first-order chi connectivity index (χ1) is 6.06. The summed E-state index contributed by atoms with van der Waals surface area (Å²) in [5.74, 6) is -0.898. The largest absolute Gasteiger partial charge is 0.425 e. The van der Waals surface area contributed by atoms with E-state index in [0.29, 0.717) is 6.42 Å². The molecule has 0 aromatic carbocycles. The summed E-state index contributed by atoms with van der Waals surface area (Å²) in [5.41, 5.74) is 0. The molecule has 0 aliphatic rings. The van der Waals surface area contributed by atoms with Crippen molar-refractivity contribution >= 4 is 11.9 Å². The van der Waals surface area contributed by atoms with Gasteiger partial charge in [-0.2, -0.15) is 0 Å². The number of carbonyl (C=O) groups excluding carboxylic acids is 2. The number of hydrogen-bond acceptors (Lipinski definition) is 4. The van der Waals surface area contributed by atoms with Gasteiger partial charge in [0.2, 0.25) is 6.29 Å². The normalized spacial score (nSPS) is 9.85. The minimum absolute atomic E-state index is 0.449. The van der Waals surface area contributed by atoms with Crippen LogP contribution >= 0.6 is 0 Å². The van der Waals surface area contributed by atoms with Gasteiger partial charge in [0, 0.05) is 20.3 Å². The fourth-order valence-electron chi connectivity index (χ4n) is 0.823. The van der Waals surface area contributed by atoms with Gasteiger partial charge in [0.05, 0.1) is 0 Å². The van der Waals surface area contributed by atoms with Gasteiger partial charge in [-0.1, -0.05) is 13.3 Å². The molecule has 0 N–H and O–H groups in total. The fraction of sp³-hybridized carbons (Fsp3) is 0.667. The van der Waals surface area contributed by atoms with Crippen LogP contribution in [0.5, 0.6) is 0 Å². The molecule has 0 spiro atoms. The highest BCUT2D eigenvalue weighted by Crippen LogP contribution is 2.06. The molecule has 4 heteroatoms. The zero-order chi connectivity index (χ0) is 10.3. The molecule has 13 heavy (non-hydrogen) atoms. The second kappa shape index (κ2) is 6.46. The van der Waals surface area contributed by atoms with E-state index in [0.717, 1.165) is 12.8 Å². The van der Waals surface area contributed by atoms with Crippen LogP contribution in [0.3, 0.4) is 0 Å². The Hall–Kier alpha value is -1.06. The summed E-state index contributed by atoms with van der Waals surface area (Å²) in [4.78, 5) is 21.1. The first kappa shape index (κ1) is 11.9. The Morgan fingerprint density at radius 3 is 2.00 bits per heavy atom. The van der Waals surface area contributed by atoms with Crippen LogP contribution in [0.4, 0.5) is 0 Å². The van der Waals surface area contributed by atoms with Gasteiger partial charge >= 0.3 is 11.9 Å². The lowest BCUT2D eigenvalue weighted by atomic mass is 10.2. The highest BCUT2D eigenvalue weighted by molar-refractivity contribution is 5.68. The minimum atomic E-state index is -0.753. The SMILES string of the molecule is [CH2]CCCC(OC(C)=O)OC(C)=O. The molecule has 0 heterocycles. The molecular formula is C9H15O4. The molecule has 0 aromatic heterocycles. The Morgan fingerprint density at radius 2 is 1.69 bits per heavy atom. The van der Waals surface area contributed by atoms with Gasteiger partial charge in [-0.05, 0) is 6.42 Å². The number of hydrogen-bond donors (Lipinski definition) is 0. The number of esters is 2. The molecule has 0 aromatic rings. The van der Waals surface area contributed by atoms with Gasteiger partial charge in [0.25, 0.3) is 0 Å². The van der Waals surface area contributed by atoms with Gasteiger partial charge in [0.1, 0.15) is 0 Å². The third-order valence-corrected chi connectivity index (χ3v) is 1.28. The van der Waals surface area contributed by atoms with Crippen molar-refractivity contribution in [1.82, 2.24) is 0 Å². The van der Waals surface area contributed by atoms with E-state index >= 15 is 0 Å². The van der Waals surface area contributed by atoms with Gasteiger partial charge < -0.3 is 9.47 Å². The van der Waals surface area contributed by atoms with Crippen LogP contribution in [0.2, 0.25) is 0 Å². The summed E-state index contributed by atoms with van der Waals surface area (Å²) in [7, 11) is 0. The van der Waals surface area contributed by atoms with Gasteiger partial charge in [0.15, 0.2) is 0 Å². The maximum Gasteiger partial charge on any atom is 0.305 e. The number of rotatable bonds is 5. The zero-order valence-electron chi connectivity index (χ0n) is 8.04. The molecule has 0 aliphatic carbocycles. The van der Waals surface area contributed by atoms with Crippen LogP contribution in [0.1, 0.15) is 33.1 Å². The molecule has 0 fully saturated rings. The lowest BCUT2D eigenvalue weighted by Gasteiger charge is -2.15. The van der Waals surface area contributed by atoms with Crippen molar-refractivity contribution in [2.45, 2.75) is 39.4 Å². The first-order valence-corrected chi connectivity index (χ1v) is 4.20. The Balaban J connectivity index is 3.87. The van der Waals surface area contributed by atoms with Crippen LogP contribution in [0, 0.1) is 6.92 Å². The molecule has 0 atom stereocenters. The highest BCUT2D eigenvalue weighted by Gasteiger charge is 2.13. The first-order valence-electron chi connectivity index (χ1n) is 4.20. The third kappa shape index (κ3) is 7.31. The molecule has 0 bridgehead atoms. The molecule has 0 rings (SSSR count). The van der Waals surface area contributed by atoms with Crippen molar-refractivity contribution in [2.24, 2.45) is 0 Å². The summed E-state index contributed by atoms with van der Waals surface area (Å²) in [6.07, 6.45) is 1.23. The van der Waals surface area contributed by atoms with E-state index in [9.17, 15) is 9.59 Å². The standard InChI is InChI=1S/C9H15O4/c1-4-5-6-9(12-7(2)10)13-8(3)11/h9H,1,4-6H2,2-3H3. The lowest BCUT2D eigenvalue weighted by molar-refractivity contribution is -0.185. The Kier molecular flexibility index (Phi) is 5.93. The summed E-state index contributed by atoms with van der Waals surface area (Å²) in [5, 5.41) is 0. The maximum atomic E-state index is 10.6. The monoisotopic (exact) mass is 187 g/mol. The van der Waals surface area contributed by atoms with Crippen LogP contribution < -0.4 is 0 Å².